The number of carbonyl (C=O) groups excluding carboxylic acids is 1. The average molecular weight is 482 g/mol. The number of primary amides is 1. The van der Waals surface area contributed by atoms with Crippen molar-refractivity contribution in [1.29, 1.82) is 0 Å². The minimum atomic E-state index is -0.392. The van der Waals surface area contributed by atoms with Crippen molar-refractivity contribution in [2.75, 3.05) is 6.73 Å². The Hall–Kier alpha value is -2.77. The predicted molar refractivity (Wildman–Crippen MR) is 135 cm³/mol. The fourth-order valence-corrected chi connectivity index (χ4v) is 5.96. The van der Waals surface area contributed by atoms with Crippen LogP contribution in [-0.2, 0) is 23.1 Å². The zero-order valence-corrected chi connectivity index (χ0v) is 21.9. The van der Waals surface area contributed by atoms with E-state index in [4.69, 9.17) is 15.5 Å². The summed E-state index contributed by atoms with van der Waals surface area (Å²) in [5.74, 6) is 0.979. The fraction of sp³-hybridized carbons (Fsp3) is 0.667. The van der Waals surface area contributed by atoms with Gasteiger partial charge in [-0.3, -0.25) is 13.9 Å². The molecule has 0 bridgehead atoms. The molecule has 2 aliphatic carbocycles. The summed E-state index contributed by atoms with van der Waals surface area (Å²) in [4.78, 5) is 32.6. The van der Waals surface area contributed by atoms with Crippen molar-refractivity contribution in [3.05, 3.63) is 39.8 Å². The number of carbonyl (C=O) groups is 1. The molecule has 8 nitrogen and oxygen atoms in total. The number of pyridine rings is 1. The SMILES string of the molecule is Cn1c(=O)n(CC(C)(C)C)c2ccc(C3CCC(C)(C)C(N4COC(C5CC5)=C4C(N)=O)C3)nc21. The summed E-state index contributed by atoms with van der Waals surface area (Å²) >= 11 is 0. The van der Waals surface area contributed by atoms with Crippen LogP contribution in [-0.4, -0.2) is 37.7 Å². The number of fused-ring (bicyclic) bond motifs is 1. The fourth-order valence-electron chi connectivity index (χ4n) is 5.96. The van der Waals surface area contributed by atoms with Crippen LogP contribution < -0.4 is 11.4 Å². The molecule has 190 valence electrons. The van der Waals surface area contributed by atoms with Crippen LogP contribution in [0.5, 0.6) is 0 Å². The lowest BCUT2D eigenvalue weighted by molar-refractivity contribution is -0.116. The van der Waals surface area contributed by atoms with Gasteiger partial charge in [0.2, 0.25) is 0 Å². The summed E-state index contributed by atoms with van der Waals surface area (Å²) in [5.41, 5.74) is 9.03. The van der Waals surface area contributed by atoms with E-state index in [1.165, 1.54) is 0 Å². The molecule has 0 radical (unpaired) electrons. The first-order valence-corrected chi connectivity index (χ1v) is 12.9. The lowest BCUT2D eigenvalue weighted by Gasteiger charge is -2.46. The molecule has 2 unspecified atom stereocenters. The highest BCUT2D eigenvalue weighted by Gasteiger charge is 2.47. The van der Waals surface area contributed by atoms with Crippen LogP contribution in [0.1, 0.15) is 78.3 Å². The van der Waals surface area contributed by atoms with E-state index in [-0.39, 0.29) is 28.5 Å². The largest absolute Gasteiger partial charge is 0.475 e. The molecular weight excluding hydrogens is 442 g/mol. The Morgan fingerprint density at radius 2 is 1.91 bits per heavy atom. The van der Waals surface area contributed by atoms with E-state index >= 15 is 0 Å². The monoisotopic (exact) mass is 481 g/mol. The van der Waals surface area contributed by atoms with Gasteiger partial charge in [-0.25, -0.2) is 9.78 Å². The molecule has 0 spiro atoms. The number of rotatable bonds is 5. The van der Waals surface area contributed by atoms with Crippen LogP contribution >= 0.6 is 0 Å². The molecule has 2 aromatic heterocycles. The van der Waals surface area contributed by atoms with Gasteiger partial charge in [-0.15, -0.1) is 0 Å². The normalized spacial score (nSPS) is 24.8. The van der Waals surface area contributed by atoms with Crippen LogP contribution in [0.25, 0.3) is 11.2 Å². The predicted octanol–water partition coefficient (Wildman–Crippen LogP) is 3.84. The number of allylic oxidation sites excluding steroid dienone is 1. The number of imidazole rings is 1. The molecule has 2 fully saturated rings. The molecule has 2 N–H and O–H groups in total. The van der Waals surface area contributed by atoms with E-state index in [0.717, 1.165) is 54.7 Å². The van der Waals surface area contributed by atoms with E-state index in [2.05, 4.69) is 51.7 Å². The number of nitrogens with zero attached hydrogens (tertiary/aromatic N) is 4. The highest BCUT2D eigenvalue weighted by molar-refractivity contribution is 5.92. The van der Waals surface area contributed by atoms with Crippen LogP contribution in [0.3, 0.4) is 0 Å². The van der Waals surface area contributed by atoms with Crippen LogP contribution in [0.15, 0.2) is 28.4 Å². The number of hydrogen-bond donors (Lipinski definition) is 1. The second-order valence-corrected chi connectivity index (χ2v) is 12.6. The first kappa shape index (κ1) is 23.9. The number of nitrogens with two attached hydrogens (primary N) is 1. The average Bonchev–Trinajstić information content (AvgIpc) is 3.48. The van der Waals surface area contributed by atoms with Crippen molar-refractivity contribution in [2.45, 2.75) is 85.2 Å². The summed E-state index contributed by atoms with van der Waals surface area (Å²) in [6.07, 6.45) is 5.01. The minimum Gasteiger partial charge on any atom is -0.475 e. The molecule has 3 heterocycles. The van der Waals surface area contributed by atoms with E-state index in [0.29, 0.717) is 24.9 Å². The number of hydrogen-bond acceptors (Lipinski definition) is 5. The summed E-state index contributed by atoms with van der Waals surface area (Å²) < 4.78 is 9.53. The lowest BCUT2D eigenvalue weighted by atomic mass is 9.68. The van der Waals surface area contributed by atoms with Crippen LogP contribution in [0.2, 0.25) is 0 Å². The first-order chi connectivity index (χ1) is 16.4. The number of aromatic nitrogens is 3. The molecule has 2 saturated carbocycles. The van der Waals surface area contributed by atoms with Gasteiger partial charge in [0.15, 0.2) is 12.4 Å². The van der Waals surface area contributed by atoms with Crippen molar-refractivity contribution in [3.63, 3.8) is 0 Å². The topological polar surface area (TPSA) is 95.4 Å². The van der Waals surface area contributed by atoms with Crippen LogP contribution in [0.4, 0.5) is 0 Å². The molecule has 1 aliphatic heterocycles. The van der Waals surface area contributed by atoms with E-state index < -0.39 is 5.91 Å². The second kappa shape index (κ2) is 8.14. The van der Waals surface area contributed by atoms with Crippen molar-refractivity contribution >= 4 is 17.1 Å². The maximum absolute atomic E-state index is 13.0. The van der Waals surface area contributed by atoms with E-state index in [9.17, 15) is 9.59 Å². The molecule has 2 atom stereocenters. The Morgan fingerprint density at radius 3 is 2.54 bits per heavy atom. The summed E-state index contributed by atoms with van der Waals surface area (Å²) in [7, 11) is 1.80. The molecule has 0 aromatic carbocycles. The summed E-state index contributed by atoms with van der Waals surface area (Å²) in [6, 6.07) is 4.26. The summed E-state index contributed by atoms with van der Waals surface area (Å²) in [6.45, 7) is 12.0. The number of aryl methyl sites for hydroxylation is 1. The van der Waals surface area contributed by atoms with Gasteiger partial charge in [0, 0.05) is 37.2 Å². The Labute approximate surface area is 207 Å². The first-order valence-electron chi connectivity index (χ1n) is 12.9. The number of amides is 1. The van der Waals surface area contributed by atoms with Gasteiger partial charge in [0.25, 0.3) is 5.91 Å². The Morgan fingerprint density at radius 1 is 1.20 bits per heavy atom. The van der Waals surface area contributed by atoms with Crippen molar-refractivity contribution < 1.29 is 9.53 Å². The molecule has 1 amide bonds. The Kier molecular flexibility index (Phi) is 5.57. The molecule has 35 heavy (non-hydrogen) atoms. The molecular formula is C27H39N5O3. The molecule has 5 rings (SSSR count). The van der Waals surface area contributed by atoms with Crippen molar-refractivity contribution in [1.82, 2.24) is 19.0 Å². The standard InChI is InChI=1S/C27H39N5O3/c1-26(2,3)14-31-19-10-9-18(29-24(19)30(6)25(31)34)17-11-12-27(4,5)20(13-17)32-15-35-22(16-7-8-16)21(32)23(28)33/h9-10,16-17,20H,7-8,11-15H2,1-6H3,(H2,28,33). The Bertz CT molecular complexity index is 1260. The smallest absolute Gasteiger partial charge is 0.330 e. The van der Waals surface area contributed by atoms with Crippen LogP contribution in [0, 0.1) is 16.7 Å². The maximum atomic E-state index is 13.0. The molecule has 3 aliphatic rings. The van der Waals surface area contributed by atoms with Gasteiger partial charge < -0.3 is 15.4 Å². The number of ether oxygens (including phenoxy) is 1. The van der Waals surface area contributed by atoms with Gasteiger partial charge in [-0.1, -0.05) is 34.6 Å². The lowest BCUT2D eigenvalue weighted by Crippen LogP contribution is -2.49. The van der Waals surface area contributed by atoms with Gasteiger partial charge in [-0.2, -0.15) is 0 Å². The zero-order valence-electron chi connectivity index (χ0n) is 21.9. The maximum Gasteiger partial charge on any atom is 0.330 e. The third kappa shape index (κ3) is 4.25. The van der Waals surface area contributed by atoms with E-state index in [1.54, 1.807) is 11.6 Å². The minimum absolute atomic E-state index is 0.00650. The second-order valence-electron chi connectivity index (χ2n) is 12.6. The Balaban J connectivity index is 1.47. The van der Waals surface area contributed by atoms with Gasteiger partial charge in [0.05, 0.1) is 5.52 Å². The molecule has 0 saturated heterocycles. The van der Waals surface area contributed by atoms with Gasteiger partial charge >= 0.3 is 5.69 Å². The van der Waals surface area contributed by atoms with Crippen molar-refractivity contribution in [2.24, 2.45) is 29.5 Å². The third-order valence-corrected chi connectivity index (χ3v) is 8.04. The van der Waals surface area contributed by atoms with Gasteiger partial charge in [-0.05, 0) is 55.1 Å². The zero-order chi connectivity index (χ0) is 25.3. The quantitative estimate of drug-likeness (QED) is 0.700. The highest BCUT2D eigenvalue weighted by Crippen LogP contribution is 2.49. The summed E-state index contributed by atoms with van der Waals surface area (Å²) in [5, 5.41) is 0. The molecule has 2 aromatic rings. The van der Waals surface area contributed by atoms with E-state index in [1.807, 2.05) is 4.57 Å². The van der Waals surface area contributed by atoms with Crippen molar-refractivity contribution in [3.8, 4) is 0 Å². The third-order valence-electron chi connectivity index (χ3n) is 8.04. The van der Waals surface area contributed by atoms with Gasteiger partial charge in [0.1, 0.15) is 11.5 Å². The molecule has 8 heteroatoms. The highest BCUT2D eigenvalue weighted by atomic mass is 16.5.